The number of rotatable bonds is 6. The van der Waals surface area contributed by atoms with Crippen LogP contribution in [-0.4, -0.2) is 15.3 Å². The standard InChI is InChI=1S/C24H22FN3O/c1-17-5-4-6-18(15-17)16-26-23(29)13-12-21-24(19-8-10-20(25)11-9-19)27-22-7-2-3-14-28(21)22/h2-11,14-15H,12-13,16H2,1H3,(H,26,29). The predicted molar refractivity (Wildman–Crippen MR) is 112 cm³/mol. The summed E-state index contributed by atoms with van der Waals surface area (Å²) < 4.78 is 15.3. The number of halogens is 1. The summed E-state index contributed by atoms with van der Waals surface area (Å²) in [5.41, 5.74) is 5.62. The molecule has 0 radical (unpaired) electrons. The molecule has 0 fully saturated rings. The van der Waals surface area contributed by atoms with Gasteiger partial charge in [0.05, 0.1) is 11.4 Å². The molecule has 0 bridgehead atoms. The van der Waals surface area contributed by atoms with Crippen molar-refractivity contribution in [1.29, 1.82) is 0 Å². The van der Waals surface area contributed by atoms with Gasteiger partial charge < -0.3 is 9.72 Å². The van der Waals surface area contributed by atoms with Crippen LogP contribution >= 0.6 is 0 Å². The van der Waals surface area contributed by atoms with Crippen molar-refractivity contribution in [1.82, 2.24) is 14.7 Å². The molecule has 5 heteroatoms. The summed E-state index contributed by atoms with van der Waals surface area (Å²) in [6.07, 6.45) is 2.83. The molecule has 1 N–H and O–H groups in total. The number of pyridine rings is 1. The minimum absolute atomic E-state index is 0.0116. The predicted octanol–water partition coefficient (Wildman–Crippen LogP) is 4.70. The number of fused-ring (bicyclic) bond motifs is 1. The fraction of sp³-hybridized carbons (Fsp3) is 0.167. The van der Waals surface area contributed by atoms with Crippen molar-refractivity contribution in [2.24, 2.45) is 0 Å². The summed E-state index contributed by atoms with van der Waals surface area (Å²) in [6, 6.07) is 20.2. The average molecular weight is 387 g/mol. The number of imidazole rings is 1. The minimum Gasteiger partial charge on any atom is -0.352 e. The number of aryl methyl sites for hydroxylation is 2. The van der Waals surface area contributed by atoms with Crippen LogP contribution in [0, 0.1) is 12.7 Å². The smallest absolute Gasteiger partial charge is 0.220 e. The van der Waals surface area contributed by atoms with Crippen LogP contribution in [0.4, 0.5) is 4.39 Å². The number of benzene rings is 2. The molecule has 0 aliphatic heterocycles. The first-order chi connectivity index (χ1) is 14.1. The van der Waals surface area contributed by atoms with Crippen LogP contribution in [0.1, 0.15) is 23.2 Å². The van der Waals surface area contributed by atoms with Crippen molar-refractivity contribution in [3.8, 4) is 11.3 Å². The molecule has 0 unspecified atom stereocenters. The maximum absolute atomic E-state index is 13.3. The third kappa shape index (κ3) is 4.35. The van der Waals surface area contributed by atoms with E-state index in [1.165, 1.54) is 17.7 Å². The monoisotopic (exact) mass is 387 g/mol. The lowest BCUT2D eigenvalue weighted by Gasteiger charge is -2.08. The first-order valence-corrected chi connectivity index (χ1v) is 9.64. The fourth-order valence-electron chi connectivity index (χ4n) is 3.47. The van der Waals surface area contributed by atoms with Gasteiger partial charge in [-0.25, -0.2) is 9.37 Å². The van der Waals surface area contributed by atoms with E-state index in [9.17, 15) is 9.18 Å². The Hall–Kier alpha value is -3.47. The molecule has 29 heavy (non-hydrogen) atoms. The van der Waals surface area contributed by atoms with Crippen molar-refractivity contribution in [2.45, 2.75) is 26.3 Å². The van der Waals surface area contributed by atoms with Gasteiger partial charge in [0.2, 0.25) is 5.91 Å². The highest BCUT2D eigenvalue weighted by Gasteiger charge is 2.15. The summed E-state index contributed by atoms with van der Waals surface area (Å²) >= 11 is 0. The molecule has 4 nitrogen and oxygen atoms in total. The van der Waals surface area contributed by atoms with E-state index in [4.69, 9.17) is 4.98 Å². The third-order valence-electron chi connectivity index (χ3n) is 4.91. The zero-order valence-corrected chi connectivity index (χ0v) is 16.2. The third-order valence-corrected chi connectivity index (χ3v) is 4.91. The number of carbonyl (C=O) groups excluding carboxylic acids is 1. The van der Waals surface area contributed by atoms with Gasteiger partial charge in [-0.3, -0.25) is 4.79 Å². The van der Waals surface area contributed by atoms with E-state index in [0.29, 0.717) is 19.4 Å². The molecule has 4 aromatic rings. The van der Waals surface area contributed by atoms with Gasteiger partial charge in [-0.2, -0.15) is 0 Å². The minimum atomic E-state index is -0.283. The van der Waals surface area contributed by atoms with Crippen LogP contribution in [0.2, 0.25) is 0 Å². The van der Waals surface area contributed by atoms with Crippen LogP contribution < -0.4 is 5.32 Å². The fourth-order valence-corrected chi connectivity index (χ4v) is 3.47. The van der Waals surface area contributed by atoms with Crippen LogP contribution in [0.5, 0.6) is 0 Å². The number of amides is 1. The Labute approximate surface area is 169 Å². The second-order valence-corrected chi connectivity index (χ2v) is 7.11. The van der Waals surface area contributed by atoms with Crippen LogP contribution in [0.3, 0.4) is 0 Å². The molecule has 2 aromatic heterocycles. The number of hydrogen-bond acceptors (Lipinski definition) is 2. The molecule has 4 rings (SSSR count). The van der Waals surface area contributed by atoms with Gasteiger partial charge in [0, 0.05) is 24.7 Å². The zero-order valence-electron chi connectivity index (χ0n) is 16.2. The topological polar surface area (TPSA) is 46.4 Å². The van der Waals surface area contributed by atoms with Crippen molar-refractivity contribution in [2.75, 3.05) is 0 Å². The SMILES string of the molecule is Cc1cccc(CNC(=O)CCc2c(-c3ccc(F)cc3)nc3ccccn23)c1. The quantitative estimate of drug-likeness (QED) is 0.521. The van der Waals surface area contributed by atoms with Gasteiger partial charge >= 0.3 is 0 Å². The molecule has 2 aromatic carbocycles. The lowest BCUT2D eigenvalue weighted by atomic mass is 10.1. The molecule has 0 spiro atoms. The number of carbonyl (C=O) groups is 1. The summed E-state index contributed by atoms with van der Waals surface area (Å²) in [7, 11) is 0. The van der Waals surface area contributed by atoms with Crippen LogP contribution in [-0.2, 0) is 17.8 Å². The van der Waals surface area contributed by atoms with Crippen molar-refractivity contribution >= 4 is 11.6 Å². The molecule has 1 amide bonds. The van der Waals surface area contributed by atoms with Gasteiger partial charge in [-0.15, -0.1) is 0 Å². The van der Waals surface area contributed by atoms with Crippen molar-refractivity contribution in [3.63, 3.8) is 0 Å². The van der Waals surface area contributed by atoms with Gasteiger partial charge in [0.1, 0.15) is 11.5 Å². The van der Waals surface area contributed by atoms with E-state index in [1.54, 1.807) is 12.1 Å². The summed E-state index contributed by atoms with van der Waals surface area (Å²) in [4.78, 5) is 17.1. The average Bonchev–Trinajstić information content (AvgIpc) is 3.10. The highest BCUT2D eigenvalue weighted by molar-refractivity contribution is 5.77. The largest absolute Gasteiger partial charge is 0.352 e. The van der Waals surface area contributed by atoms with Gasteiger partial charge in [-0.1, -0.05) is 35.9 Å². The second kappa shape index (κ2) is 8.27. The van der Waals surface area contributed by atoms with Crippen LogP contribution in [0.15, 0.2) is 72.9 Å². The molecule has 0 atom stereocenters. The van der Waals surface area contributed by atoms with E-state index in [1.807, 2.05) is 53.9 Å². The Morgan fingerprint density at radius 3 is 2.69 bits per heavy atom. The highest BCUT2D eigenvalue weighted by Crippen LogP contribution is 2.25. The molecule has 0 saturated carbocycles. The Morgan fingerprint density at radius 1 is 1.07 bits per heavy atom. The lowest BCUT2D eigenvalue weighted by molar-refractivity contribution is -0.121. The van der Waals surface area contributed by atoms with E-state index in [0.717, 1.165) is 28.2 Å². The zero-order chi connectivity index (χ0) is 20.2. The Bertz CT molecular complexity index is 1150. The molecular weight excluding hydrogens is 365 g/mol. The summed E-state index contributed by atoms with van der Waals surface area (Å²) in [5.74, 6) is -0.294. The normalized spacial score (nSPS) is 11.0. The van der Waals surface area contributed by atoms with E-state index < -0.39 is 0 Å². The maximum Gasteiger partial charge on any atom is 0.220 e. The Kier molecular flexibility index (Phi) is 5.38. The first-order valence-electron chi connectivity index (χ1n) is 9.64. The van der Waals surface area contributed by atoms with E-state index >= 15 is 0 Å². The second-order valence-electron chi connectivity index (χ2n) is 7.11. The van der Waals surface area contributed by atoms with Crippen molar-refractivity contribution in [3.05, 3.63) is 95.6 Å². The Morgan fingerprint density at radius 2 is 1.90 bits per heavy atom. The highest BCUT2D eigenvalue weighted by atomic mass is 19.1. The van der Waals surface area contributed by atoms with Crippen LogP contribution in [0.25, 0.3) is 16.9 Å². The first kappa shape index (κ1) is 18.9. The van der Waals surface area contributed by atoms with Gasteiger partial charge in [-0.05, 0) is 55.3 Å². The summed E-state index contributed by atoms with van der Waals surface area (Å²) in [5, 5.41) is 2.99. The molecular formula is C24H22FN3O. The number of hydrogen-bond donors (Lipinski definition) is 1. The molecule has 0 aliphatic carbocycles. The van der Waals surface area contributed by atoms with E-state index in [2.05, 4.69) is 11.4 Å². The molecule has 0 saturated heterocycles. The molecule has 0 aliphatic rings. The van der Waals surface area contributed by atoms with Gasteiger partial charge in [0.15, 0.2) is 0 Å². The van der Waals surface area contributed by atoms with E-state index in [-0.39, 0.29) is 11.7 Å². The lowest BCUT2D eigenvalue weighted by Crippen LogP contribution is -2.23. The Balaban J connectivity index is 1.51. The van der Waals surface area contributed by atoms with Gasteiger partial charge in [0.25, 0.3) is 0 Å². The maximum atomic E-state index is 13.3. The number of aromatic nitrogens is 2. The number of nitrogens with zero attached hydrogens (tertiary/aromatic N) is 2. The molecule has 2 heterocycles. The molecule has 146 valence electrons. The van der Waals surface area contributed by atoms with Crippen molar-refractivity contribution < 1.29 is 9.18 Å². The summed E-state index contributed by atoms with van der Waals surface area (Å²) in [6.45, 7) is 2.55. The number of nitrogens with one attached hydrogen (secondary N) is 1.